The number of carbonyl (C=O) groups is 1. The molecule has 1 aliphatic carbocycles. The normalized spacial score (nSPS) is 19.7. The largest absolute Gasteiger partial charge is 0.465 e. The smallest absolute Gasteiger partial charge is 0.327 e. The molecule has 1 aliphatic rings. The average molecular weight is 301 g/mol. The topological polar surface area (TPSA) is 38.3 Å². The van der Waals surface area contributed by atoms with Crippen LogP contribution in [-0.2, 0) is 9.53 Å². The van der Waals surface area contributed by atoms with Gasteiger partial charge in [-0.2, -0.15) is 11.8 Å². The highest BCUT2D eigenvalue weighted by molar-refractivity contribution is 7.99. The highest BCUT2D eigenvalue weighted by Crippen LogP contribution is 2.42. The van der Waals surface area contributed by atoms with Gasteiger partial charge in [-0.3, -0.25) is 10.1 Å². The minimum Gasteiger partial charge on any atom is -0.465 e. The molecule has 1 N–H and O–H groups in total. The highest BCUT2D eigenvalue weighted by Gasteiger charge is 2.52. The lowest BCUT2D eigenvalue weighted by atomic mass is 9.94. The zero-order valence-corrected chi connectivity index (χ0v) is 14.5. The lowest BCUT2D eigenvalue weighted by Gasteiger charge is -2.34. The van der Waals surface area contributed by atoms with Gasteiger partial charge < -0.3 is 4.74 Å². The lowest BCUT2D eigenvalue weighted by molar-refractivity contribution is -0.151. The van der Waals surface area contributed by atoms with Crippen LogP contribution in [0.3, 0.4) is 0 Å². The molecule has 1 fully saturated rings. The van der Waals surface area contributed by atoms with Crippen LogP contribution in [0.5, 0.6) is 0 Å². The molecular formula is C16H31NO2S. The summed E-state index contributed by atoms with van der Waals surface area (Å²) < 4.78 is 5.38. The Morgan fingerprint density at radius 2 is 2.00 bits per heavy atom. The van der Waals surface area contributed by atoms with Crippen molar-refractivity contribution in [1.29, 1.82) is 0 Å². The van der Waals surface area contributed by atoms with Crippen molar-refractivity contribution in [3.05, 3.63) is 0 Å². The van der Waals surface area contributed by atoms with Crippen molar-refractivity contribution in [2.75, 3.05) is 18.1 Å². The van der Waals surface area contributed by atoms with Crippen molar-refractivity contribution in [1.82, 2.24) is 5.32 Å². The Kier molecular flexibility index (Phi) is 7.38. The van der Waals surface area contributed by atoms with E-state index in [2.05, 4.69) is 33.0 Å². The number of nitrogens with one attached hydrogen (secondary N) is 1. The van der Waals surface area contributed by atoms with Crippen LogP contribution in [0.25, 0.3) is 0 Å². The second kappa shape index (κ2) is 8.28. The standard InChI is InChI=1S/C16H31NO2S/c1-6-13(5)10-20-11-16(14-8-9-14,17-12(3)4)15(18)19-7-2/h12-14,17H,6-11H2,1-5H3. The molecule has 118 valence electrons. The van der Waals surface area contributed by atoms with Gasteiger partial charge in [0.1, 0.15) is 5.54 Å². The summed E-state index contributed by atoms with van der Waals surface area (Å²) in [6.07, 6.45) is 3.48. The Labute approximate surface area is 128 Å². The van der Waals surface area contributed by atoms with Crippen molar-refractivity contribution in [2.24, 2.45) is 11.8 Å². The van der Waals surface area contributed by atoms with E-state index in [1.807, 2.05) is 18.7 Å². The summed E-state index contributed by atoms with van der Waals surface area (Å²) in [7, 11) is 0. The summed E-state index contributed by atoms with van der Waals surface area (Å²) in [5.41, 5.74) is -0.470. The van der Waals surface area contributed by atoms with Gasteiger partial charge in [-0.15, -0.1) is 0 Å². The van der Waals surface area contributed by atoms with E-state index in [-0.39, 0.29) is 5.97 Å². The third kappa shape index (κ3) is 4.96. The van der Waals surface area contributed by atoms with Crippen LogP contribution >= 0.6 is 11.8 Å². The molecule has 0 aliphatic heterocycles. The van der Waals surface area contributed by atoms with Crippen LogP contribution in [-0.4, -0.2) is 35.7 Å². The summed E-state index contributed by atoms with van der Waals surface area (Å²) in [4.78, 5) is 12.5. The molecule has 0 aromatic heterocycles. The van der Waals surface area contributed by atoms with Gasteiger partial charge in [0, 0.05) is 11.8 Å². The molecule has 2 atom stereocenters. The molecule has 0 amide bonds. The molecule has 0 bridgehead atoms. The molecular weight excluding hydrogens is 270 g/mol. The van der Waals surface area contributed by atoms with Gasteiger partial charge in [0.25, 0.3) is 0 Å². The van der Waals surface area contributed by atoms with Crippen LogP contribution in [0.4, 0.5) is 0 Å². The van der Waals surface area contributed by atoms with Gasteiger partial charge in [-0.25, -0.2) is 0 Å². The molecule has 0 aromatic carbocycles. The third-order valence-corrected chi connectivity index (χ3v) is 5.35. The molecule has 0 spiro atoms. The predicted molar refractivity (Wildman–Crippen MR) is 87.1 cm³/mol. The van der Waals surface area contributed by atoms with Gasteiger partial charge in [-0.1, -0.05) is 20.3 Å². The van der Waals surface area contributed by atoms with Crippen LogP contribution in [0, 0.1) is 11.8 Å². The monoisotopic (exact) mass is 301 g/mol. The molecule has 0 aromatic rings. The van der Waals surface area contributed by atoms with Crippen molar-refractivity contribution < 1.29 is 9.53 Å². The first kappa shape index (κ1) is 17.8. The van der Waals surface area contributed by atoms with E-state index in [1.165, 1.54) is 6.42 Å². The molecule has 3 nitrogen and oxygen atoms in total. The minimum atomic E-state index is -0.470. The maximum absolute atomic E-state index is 12.5. The number of rotatable bonds is 10. The first-order chi connectivity index (χ1) is 9.46. The number of ether oxygens (including phenoxy) is 1. The zero-order valence-electron chi connectivity index (χ0n) is 13.7. The van der Waals surface area contributed by atoms with Crippen LogP contribution < -0.4 is 5.32 Å². The summed E-state index contributed by atoms with van der Waals surface area (Å²) in [6, 6.07) is 0.296. The highest BCUT2D eigenvalue weighted by atomic mass is 32.2. The Balaban J connectivity index is 2.72. The van der Waals surface area contributed by atoms with Crippen molar-refractivity contribution in [3.63, 3.8) is 0 Å². The molecule has 0 radical (unpaired) electrons. The number of carbonyl (C=O) groups excluding carboxylic acids is 1. The summed E-state index contributed by atoms with van der Waals surface area (Å²) in [5, 5.41) is 3.54. The van der Waals surface area contributed by atoms with E-state index >= 15 is 0 Å². The van der Waals surface area contributed by atoms with E-state index in [9.17, 15) is 4.79 Å². The third-order valence-electron chi connectivity index (χ3n) is 3.89. The van der Waals surface area contributed by atoms with E-state index in [4.69, 9.17) is 4.74 Å². The summed E-state index contributed by atoms with van der Waals surface area (Å²) in [6.45, 7) is 11.1. The maximum atomic E-state index is 12.5. The summed E-state index contributed by atoms with van der Waals surface area (Å²) >= 11 is 1.89. The predicted octanol–water partition coefficient (Wildman–Crippen LogP) is 3.48. The fourth-order valence-corrected chi connectivity index (χ4v) is 3.97. The fraction of sp³-hybridized carbons (Fsp3) is 0.938. The minimum absolute atomic E-state index is 0.0483. The number of thioether (sulfide) groups is 1. The Bertz CT molecular complexity index is 305. The number of hydrogen-bond acceptors (Lipinski definition) is 4. The van der Waals surface area contributed by atoms with Crippen LogP contribution in [0.15, 0.2) is 0 Å². The molecule has 2 unspecified atom stereocenters. The summed E-state index contributed by atoms with van der Waals surface area (Å²) in [5.74, 6) is 3.06. The molecule has 0 saturated heterocycles. The molecule has 0 heterocycles. The van der Waals surface area contributed by atoms with Gasteiger partial charge >= 0.3 is 5.97 Å². The molecule has 1 saturated carbocycles. The zero-order chi connectivity index (χ0) is 15.2. The lowest BCUT2D eigenvalue weighted by Crippen LogP contribution is -2.59. The van der Waals surface area contributed by atoms with Gasteiger partial charge in [-0.05, 0) is 51.2 Å². The number of hydrogen-bond donors (Lipinski definition) is 1. The molecule has 20 heavy (non-hydrogen) atoms. The van der Waals surface area contributed by atoms with E-state index in [1.54, 1.807) is 0 Å². The Morgan fingerprint density at radius 3 is 2.45 bits per heavy atom. The van der Waals surface area contributed by atoms with Crippen molar-refractivity contribution in [3.8, 4) is 0 Å². The second-order valence-corrected chi connectivity index (χ2v) is 7.32. The molecule has 1 rings (SSSR count). The number of esters is 1. The Hall–Kier alpha value is -0.220. The second-order valence-electron chi connectivity index (χ2n) is 6.29. The maximum Gasteiger partial charge on any atom is 0.327 e. The van der Waals surface area contributed by atoms with E-state index in [0.717, 1.165) is 24.3 Å². The van der Waals surface area contributed by atoms with E-state index < -0.39 is 5.54 Å². The fourth-order valence-electron chi connectivity index (χ4n) is 2.45. The van der Waals surface area contributed by atoms with Crippen LogP contribution in [0.2, 0.25) is 0 Å². The first-order valence-corrected chi connectivity index (χ1v) is 9.14. The van der Waals surface area contributed by atoms with Crippen molar-refractivity contribution >= 4 is 17.7 Å². The van der Waals surface area contributed by atoms with Crippen LogP contribution in [0.1, 0.15) is 53.9 Å². The average Bonchev–Trinajstić information content (AvgIpc) is 3.21. The van der Waals surface area contributed by atoms with Gasteiger partial charge in [0.05, 0.1) is 6.61 Å². The first-order valence-electron chi connectivity index (χ1n) is 7.98. The quantitative estimate of drug-likeness (QED) is 0.627. The van der Waals surface area contributed by atoms with Gasteiger partial charge in [0.15, 0.2) is 0 Å². The van der Waals surface area contributed by atoms with Crippen molar-refractivity contribution in [2.45, 2.75) is 65.5 Å². The van der Waals surface area contributed by atoms with E-state index in [0.29, 0.717) is 24.5 Å². The Morgan fingerprint density at radius 1 is 1.35 bits per heavy atom. The van der Waals surface area contributed by atoms with Gasteiger partial charge in [0.2, 0.25) is 0 Å². The SMILES string of the molecule is CCOC(=O)C(CSCC(C)CC)(NC(C)C)C1CC1. The molecule has 4 heteroatoms.